The first-order chi connectivity index (χ1) is 16.0. The van der Waals surface area contributed by atoms with E-state index in [0.29, 0.717) is 0 Å². The van der Waals surface area contributed by atoms with E-state index in [0.717, 1.165) is 25.3 Å². The lowest BCUT2D eigenvalue weighted by molar-refractivity contribution is -0.146. The summed E-state index contributed by atoms with van der Waals surface area (Å²) in [5, 5.41) is 11.4. The molecule has 0 bridgehead atoms. The molecule has 0 saturated heterocycles. The van der Waals surface area contributed by atoms with Crippen molar-refractivity contribution in [2.45, 2.75) is 24.7 Å². The van der Waals surface area contributed by atoms with Crippen LogP contribution in [-0.2, 0) is 4.74 Å². The minimum absolute atomic E-state index is 0.0574. The Bertz CT molecular complexity index is 1220. The number of amidine groups is 1. The van der Waals surface area contributed by atoms with Crippen molar-refractivity contribution in [2.24, 2.45) is 4.99 Å². The molecule has 3 heterocycles. The van der Waals surface area contributed by atoms with Crippen molar-refractivity contribution < 1.29 is 40.9 Å². The van der Waals surface area contributed by atoms with Crippen LogP contribution < -0.4 is 10.1 Å². The number of aromatic amines is 1. The number of H-pyrrole nitrogens is 1. The van der Waals surface area contributed by atoms with Crippen molar-refractivity contribution in [3.8, 4) is 11.5 Å². The number of aliphatic hydroxyl groups excluding tert-OH is 1. The second-order valence-corrected chi connectivity index (χ2v) is 7.76. The molecule has 4 rings (SSSR count). The van der Waals surface area contributed by atoms with Gasteiger partial charge in [-0.15, -0.1) is 0 Å². The van der Waals surface area contributed by atoms with Gasteiger partial charge in [-0.05, 0) is 18.6 Å². The first kappa shape index (κ1) is 23.7. The van der Waals surface area contributed by atoms with Gasteiger partial charge in [-0.25, -0.2) is 23.1 Å². The van der Waals surface area contributed by atoms with Crippen LogP contribution in [0.3, 0.4) is 0 Å². The average Bonchev–Trinajstić information content (AvgIpc) is 3.21. The molecule has 0 aliphatic carbocycles. The fourth-order valence-electron chi connectivity index (χ4n) is 3.29. The Morgan fingerprint density at radius 2 is 2.00 bits per heavy atom. The summed E-state index contributed by atoms with van der Waals surface area (Å²) < 4.78 is 93.6. The van der Waals surface area contributed by atoms with Crippen molar-refractivity contribution in [1.29, 1.82) is 0 Å². The lowest BCUT2D eigenvalue weighted by atomic mass is 10.0. The molecule has 7 nitrogen and oxygen atoms in total. The minimum Gasteiger partial charge on any atom is -0.461 e. The number of benzene rings is 1. The third kappa shape index (κ3) is 4.60. The molecule has 13 heteroatoms. The van der Waals surface area contributed by atoms with E-state index in [1.54, 1.807) is 0 Å². The van der Waals surface area contributed by atoms with Gasteiger partial charge >= 0.3 is 6.18 Å². The third-order valence-corrected chi connectivity index (χ3v) is 5.24. The molecule has 2 atom stereocenters. The standard InChI is InChI=1S/C21H18F6N4O3/c1-10(21(25,26)27)12-6-29-18-16(12)15(2-3-28-18)34-17-13(22)4-11(5-14(17)23)31-19-30-7-20(24,8-32)9-33-19/h2-6,10,32H,7-9H2,1H3,(H,28,29)(H,30,31)/t10-,20+/m1/s1. The number of ether oxygens (including phenoxy) is 2. The van der Waals surface area contributed by atoms with Crippen molar-refractivity contribution in [1.82, 2.24) is 9.97 Å². The van der Waals surface area contributed by atoms with Gasteiger partial charge in [-0.3, -0.25) is 0 Å². The van der Waals surface area contributed by atoms with Crippen LogP contribution in [-0.4, -0.2) is 52.7 Å². The van der Waals surface area contributed by atoms with Crippen LogP contribution in [0.25, 0.3) is 11.0 Å². The van der Waals surface area contributed by atoms with Gasteiger partial charge in [0, 0.05) is 30.2 Å². The lowest BCUT2D eigenvalue weighted by Crippen LogP contribution is -2.43. The zero-order valence-corrected chi connectivity index (χ0v) is 17.5. The molecule has 3 N–H and O–H groups in total. The Hall–Kier alpha value is -3.48. The Morgan fingerprint density at radius 3 is 2.59 bits per heavy atom. The summed E-state index contributed by atoms with van der Waals surface area (Å²) in [5.41, 5.74) is -2.31. The van der Waals surface area contributed by atoms with Crippen molar-refractivity contribution in [2.75, 3.05) is 25.1 Å². The summed E-state index contributed by atoms with van der Waals surface area (Å²) >= 11 is 0. The molecule has 34 heavy (non-hydrogen) atoms. The summed E-state index contributed by atoms with van der Waals surface area (Å²) in [6.07, 6.45) is -2.22. The van der Waals surface area contributed by atoms with E-state index in [4.69, 9.17) is 14.6 Å². The monoisotopic (exact) mass is 488 g/mol. The molecule has 182 valence electrons. The number of nitrogens with zero attached hydrogens (tertiary/aromatic N) is 2. The van der Waals surface area contributed by atoms with E-state index in [9.17, 15) is 26.3 Å². The van der Waals surface area contributed by atoms with Gasteiger partial charge in [0.2, 0.25) is 0 Å². The van der Waals surface area contributed by atoms with Gasteiger partial charge in [-0.2, -0.15) is 13.2 Å². The van der Waals surface area contributed by atoms with Gasteiger partial charge in [0.25, 0.3) is 6.02 Å². The fraction of sp³-hybridized carbons (Fsp3) is 0.333. The molecule has 1 aliphatic rings. The van der Waals surface area contributed by atoms with E-state index >= 15 is 0 Å². The van der Waals surface area contributed by atoms with Crippen molar-refractivity contribution in [3.63, 3.8) is 0 Å². The SMILES string of the molecule is C[C@H](c1c[nH]c2nccc(Oc3c(F)cc(NC4=NC[C@](F)(CO)CO4)cc3F)c12)C(F)(F)F. The Labute approximate surface area is 188 Å². The number of nitrogens with one attached hydrogen (secondary N) is 2. The van der Waals surface area contributed by atoms with E-state index in [1.807, 2.05) is 0 Å². The van der Waals surface area contributed by atoms with Gasteiger partial charge in [0.15, 0.2) is 23.1 Å². The smallest absolute Gasteiger partial charge is 0.395 e. The number of rotatable bonds is 5. The Kier molecular flexibility index (Phi) is 6.06. The number of halogens is 6. The van der Waals surface area contributed by atoms with Crippen molar-refractivity contribution >= 4 is 22.7 Å². The molecule has 0 spiro atoms. The van der Waals surface area contributed by atoms with Crippen LogP contribution >= 0.6 is 0 Å². The van der Waals surface area contributed by atoms with Gasteiger partial charge in [-0.1, -0.05) is 0 Å². The molecule has 0 saturated carbocycles. The zero-order valence-electron chi connectivity index (χ0n) is 17.5. The fourth-order valence-corrected chi connectivity index (χ4v) is 3.29. The Balaban J connectivity index is 1.62. The number of fused-ring (bicyclic) bond motifs is 1. The summed E-state index contributed by atoms with van der Waals surface area (Å²) in [4.78, 5) is 10.3. The Morgan fingerprint density at radius 1 is 1.29 bits per heavy atom. The summed E-state index contributed by atoms with van der Waals surface area (Å²) in [6, 6.07) is 2.69. The highest BCUT2D eigenvalue weighted by molar-refractivity contribution is 5.90. The van der Waals surface area contributed by atoms with Crippen LogP contribution in [0.4, 0.5) is 32.0 Å². The largest absolute Gasteiger partial charge is 0.461 e. The highest BCUT2D eigenvalue weighted by Crippen LogP contribution is 2.42. The summed E-state index contributed by atoms with van der Waals surface area (Å²) in [5.74, 6) is -5.29. The van der Waals surface area contributed by atoms with Crippen molar-refractivity contribution in [3.05, 3.63) is 47.8 Å². The van der Waals surface area contributed by atoms with Crippen LogP contribution in [0.2, 0.25) is 0 Å². The second-order valence-electron chi connectivity index (χ2n) is 7.76. The van der Waals surface area contributed by atoms with Gasteiger partial charge in [0.1, 0.15) is 18.0 Å². The van der Waals surface area contributed by atoms with Crippen LogP contribution in [0.15, 0.2) is 35.6 Å². The van der Waals surface area contributed by atoms with E-state index in [1.165, 1.54) is 12.3 Å². The normalized spacial score (nSPS) is 19.5. The topological polar surface area (TPSA) is 91.8 Å². The number of aliphatic imine (C=N–C) groups is 1. The maximum Gasteiger partial charge on any atom is 0.395 e. The molecule has 1 aromatic carbocycles. The lowest BCUT2D eigenvalue weighted by Gasteiger charge is -2.26. The summed E-state index contributed by atoms with van der Waals surface area (Å²) in [6.45, 7) is -0.767. The highest BCUT2D eigenvalue weighted by Gasteiger charge is 2.39. The molecule has 1 aliphatic heterocycles. The number of alkyl halides is 4. The van der Waals surface area contributed by atoms with Crippen LogP contribution in [0, 0.1) is 11.6 Å². The molecular weight excluding hydrogens is 470 g/mol. The zero-order chi connectivity index (χ0) is 24.7. The minimum atomic E-state index is -4.56. The van der Waals surface area contributed by atoms with Crippen LogP contribution in [0.5, 0.6) is 11.5 Å². The molecule has 0 fully saturated rings. The predicted octanol–water partition coefficient (Wildman–Crippen LogP) is 4.80. The quantitative estimate of drug-likeness (QED) is 0.449. The van der Waals surface area contributed by atoms with Gasteiger partial charge < -0.3 is 24.9 Å². The number of pyridine rings is 1. The molecule has 3 aromatic rings. The summed E-state index contributed by atoms with van der Waals surface area (Å²) in [7, 11) is 0. The maximum atomic E-state index is 14.7. The highest BCUT2D eigenvalue weighted by atomic mass is 19.4. The molecule has 0 amide bonds. The molecule has 0 radical (unpaired) electrons. The number of aromatic nitrogens is 2. The maximum absolute atomic E-state index is 14.7. The first-order valence-electron chi connectivity index (χ1n) is 9.94. The first-order valence-corrected chi connectivity index (χ1v) is 9.94. The number of hydrogen-bond donors (Lipinski definition) is 3. The van der Waals surface area contributed by atoms with E-state index < -0.39 is 54.9 Å². The molecule has 0 unspecified atom stereocenters. The molecular formula is C21H18F6N4O3. The van der Waals surface area contributed by atoms with Crippen LogP contribution in [0.1, 0.15) is 18.4 Å². The average molecular weight is 488 g/mol. The number of aliphatic hydroxyl groups is 1. The van der Waals surface area contributed by atoms with E-state index in [-0.39, 0.29) is 34.1 Å². The number of hydrogen-bond acceptors (Lipinski definition) is 6. The predicted molar refractivity (Wildman–Crippen MR) is 110 cm³/mol. The third-order valence-electron chi connectivity index (χ3n) is 5.24. The second kappa shape index (κ2) is 8.70. The molecule has 2 aromatic heterocycles. The van der Waals surface area contributed by atoms with E-state index in [2.05, 4.69) is 20.3 Å². The van der Waals surface area contributed by atoms with Gasteiger partial charge in [0.05, 0.1) is 24.5 Å². The number of anilines is 1.